The highest BCUT2D eigenvalue weighted by Crippen LogP contribution is 2.34. The number of aromatic nitrogens is 2. The molecule has 142 valence electrons. The average Bonchev–Trinajstić information content (AvgIpc) is 3.36. The Bertz CT molecular complexity index is 1170. The third kappa shape index (κ3) is 2.70. The van der Waals surface area contributed by atoms with Gasteiger partial charge >= 0.3 is 0 Å². The van der Waals surface area contributed by atoms with Gasteiger partial charge in [-0.2, -0.15) is 0 Å². The van der Waals surface area contributed by atoms with Crippen LogP contribution in [0.15, 0.2) is 41.2 Å². The van der Waals surface area contributed by atoms with Crippen molar-refractivity contribution in [1.82, 2.24) is 14.9 Å². The van der Waals surface area contributed by atoms with Crippen LogP contribution in [0.5, 0.6) is 11.5 Å². The smallest absolute Gasteiger partial charge is 0.261 e. The van der Waals surface area contributed by atoms with E-state index in [4.69, 9.17) is 9.47 Å². The maximum Gasteiger partial charge on any atom is 0.261 e. The lowest BCUT2D eigenvalue weighted by Crippen LogP contribution is -2.27. The minimum atomic E-state index is -0.213. The van der Waals surface area contributed by atoms with E-state index in [1.165, 1.54) is 0 Å². The molecule has 0 saturated heterocycles. The van der Waals surface area contributed by atoms with E-state index in [0.29, 0.717) is 34.5 Å². The third-order valence-electron chi connectivity index (χ3n) is 5.32. The van der Waals surface area contributed by atoms with Crippen LogP contribution in [0, 0.1) is 0 Å². The molecule has 0 aliphatic carbocycles. The summed E-state index contributed by atoms with van der Waals surface area (Å²) in [5, 5.41) is 3.54. The van der Waals surface area contributed by atoms with Crippen molar-refractivity contribution in [2.75, 3.05) is 6.79 Å². The fourth-order valence-corrected chi connectivity index (χ4v) is 3.77. The van der Waals surface area contributed by atoms with Crippen LogP contribution in [0.25, 0.3) is 10.9 Å². The molecule has 0 unspecified atom stereocenters. The monoisotopic (exact) mass is 377 g/mol. The maximum absolute atomic E-state index is 12.7. The second-order valence-electron chi connectivity index (χ2n) is 7.13. The molecule has 1 aromatic heterocycles. The number of hydrogen-bond donors (Lipinski definition) is 1. The van der Waals surface area contributed by atoms with Crippen LogP contribution >= 0.6 is 0 Å². The summed E-state index contributed by atoms with van der Waals surface area (Å²) in [5.41, 5.74) is 1.95. The number of carbonyl (C=O) groups excluding carboxylic acids is 1. The number of aryl methyl sites for hydroxylation is 1. The van der Waals surface area contributed by atoms with Gasteiger partial charge in [0.25, 0.3) is 11.5 Å². The zero-order valence-corrected chi connectivity index (χ0v) is 15.4. The summed E-state index contributed by atoms with van der Waals surface area (Å²) in [6.07, 6.45) is 1.72. The van der Waals surface area contributed by atoms with Gasteiger partial charge in [-0.1, -0.05) is 6.07 Å². The molecule has 2 aromatic carbocycles. The van der Waals surface area contributed by atoms with Crippen LogP contribution in [-0.4, -0.2) is 22.3 Å². The lowest BCUT2D eigenvalue weighted by molar-refractivity contribution is 0.0940. The minimum Gasteiger partial charge on any atom is -0.454 e. The molecule has 2 aliphatic rings. The van der Waals surface area contributed by atoms with Crippen molar-refractivity contribution in [1.29, 1.82) is 0 Å². The molecule has 28 heavy (non-hydrogen) atoms. The van der Waals surface area contributed by atoms with E-state index in [1.54, 1.807) is 22.8 Å². The van der Waals surface area contributed by atoms with Gasteiger partial charge in [0.2, 0.25) is 6.79 Å². The molecule has 7 nitrogen and oxygen atoms in total. The van der Waals surface area contributed by atoms with Gasteiger partial charge < -0.3 is 14.8 Å². The first-order valence-electron chi connectivity index (χ1n) is 9.34. The molecule has 2 aliphatic heterocycles. The van der Waals surface area contributed by atoms with Crippen molar-refractivity contribution in [3.63, 3.8) is 0 Å². The number of nitrogens with zero attached hydrogens (tertiary/aromatic N) is 2. The number of hydrogen-bond acceptors (Lipinski definition) is 5. The summed E-state index contributed by atoms with van der Waals surface area (Å²) < 4.78 is 12.4. The summed E-state index contributed by atoms with van der Waals surface area (Å²) in [6, 6.07) is 10.5. The lowest BCUT2D eigenvalue weighted by atomic mass is 10.1. The number of carbonyl (C=O) groups is 1. The lowest BCUT2D eigenvalue weighted by Gasteiger charge is -2.15. The molecule has 1 atom stereocenters. The number of benzene rings is 2. The van der Waals surface area contributed by atoms with Crippen molar-refractivity contribution >= 4 is 16.8 Å². The first kappa shape index (κ1) is 16.8. The maximum atomic E-state index is 12.7. The van der Waals surface area contributed by atoms with E-state index in [1.807, 2.05) is 25.1 Å². The second kappa shape index (κ2) is 6.37. The number of rotatable bonds is 3. The predicted molar refractivity (Wildman–Crippen MR) is 103 cm³/mol. The summed E-state index contributed by atoms with van der Waals surface area (Å²) in [4.78, 5) is 29.9. The Balaban J connectivity index is 1.41. The zero-order chi connectivity index (χ0) is 19.3. The van der Waals surface area contributed by atoms with Crippen LogP contribution in [-0.2, 0) is 13.0 Å². The van der Waals surface area contributed by atoms with Gasteiger partial charge in [0.15, 0.2) is 11.5 Å². The van der Waals surface area contributed by atoms with Gasteiger partial charge in [-0.05, 0) is 49.2 Å². The van der Waals surface area contributed by atoms with Crippen LogP contribution in [0.1, 0.15) is 41.1 Å². The number of fused-ring (bicyclic) bond motifs is 3. The summed E-state index contributed by atoms with van der Waals surface area (Å²) >= 11 is 0. The van der Waals surface area contributed by atoms with Crippen molar-refractivity contribution < 1.29 is 14.3 Å². The van der Waals surface area contributed by atoms with E-state index in [0.717, 1.165) is 24.2 Å². The normalized spacial score (nSPS) is 15.5. The van der Waals surface area contributed by atoms with Gasteiger partial charge in [-0.15, -0.1) is 0 Å². The highest BCUT2D eigenvalue weighted by atomic mass is 16.7. The Kier molecular flexibility index (Phi) is 3.82. The summed E-state index contributed by atoms with van der Waals surface area (Å²) in [6.45, 7) is 2.84. The topological polar surface area (TPSA) is 82.5 Å². The van der Waals surface area contributed by atoms with Gasteiger partial charge in [0.1, 0.15) is 5.82 Å². The first-order chi connectivity index (χ1) is 13.6. The molecule has 5 rings (SSSR count). The van der Waals surface area contributed by atoms with Gasteiger partial charge in [0, 0.05) is 18.5 Å². The zero-order valence-electron chi connectivity index (χ0n) is 15.4. The molecule has 0 fully saturated rings. The predicted octanol–water partition coefficient (Wildman–Crippen LogP) is 2.56. The van der Waals surface area contributed by atoms with E-state index < -0.39 is 0 Å². The Morgan fingerprint density at radius 1 is 1.18 bits per heavy atom. The second-order valence-corrected chi connectivity index (χ2v) is 7.13. The molecular formula is C21H19N3O4. The average molecular weight is 377 g/mol. The SMILES string of the molecule is C[C@@H](NC(=O)c1ccc2c(=O)n3c(nc2c1)CCC3)c1ccc2c(c1)OCO2. The largest absolute Gasteiger partial charge is 0.454 e. The summed E-state index contributed by atoms with van der Waals surface area (Å²) in [5.74, 6) is 1.97. The highest BCUT2D eigenvalue weighted by Gasteiger charge is 2.19. The van der Waals surface area contributed by atoms with E-state index in [2.05, 4.69) is 10.3 Å². The number of ether oxygens (including phenoxy) is 2. The third-order valence-corrected chi connectivity index (χ3v) is 5.32. The Labute approximate surface area is 160 Å². The van der Waals surface area contributed by atoms with Crippen LogP contribution < -0.4 is 20.3 Å². The fraction of sp³-hybridized carbons (Fsp3) is 0.286. The van der Waals surface area contributed by atoms with Crippen LogP contribution in [0.2, 0.25) is 0 Å². The Morgan fingerprint density at radius 3 is 2.93 bits per heavy atom. The molecule has 1 N–H and O–H groups in total. The van der Waals surface area contributed by atoms with E-state index >= 15 is 0 Å². The number of amides is 1. The standard InChI is InChI=1S/C21H19N3O4/c1-12(13-5-7-17-18(10-13)28-11-27-17)22-20(25)14-4-6-15-16(9-14)23-19-3-2-8-24(19)21(15)26/h4-7,9-10,12H,2-3,8,11H2,1H3,(H,22,25)/t12-/m1/s1. The van der Waals surface area contributed by atoms with Crippen molar-refractivity contribution in [2.24, 2.45) is 0 Å². The summed E-state index contributed by atoms with van der Waals surface area (Å²) in [7, 11) is 0. The quantitative estimate of drug-likeness (QED) is 0.759. The molecular weight excluding hydrogens is 358 g/mol. The molecule has 0 bridgehead atoms. The Hall–Kier alpha value is -3.35. The van der Waals surface area contributed by atoms with Crippen molar-refractivity contribution in [3.05, 3.63) is 63.7 Å². The van der Waals surface area contributed by atoms with E-state index in [-0.39, 0.29) is 24.3 Å². The van der Waals surface area contributed by atoms with Crippen molar-refractivity contribution in [3.8, 4) is 11.5 Å². The Morgan fingerprint density at radius 2 is 2.04 bits per heavy atom. The van der Waals surface area contributed by atoms with Gasteiger partial charge in [-0.25, -0.2) is 4.98 Å². The fourth-order valence-electron chi connectivity index (χ4n) is 3.77. The van der Waals surface area contributed by atoms with Gasteiger partial charge in [-0.3, -0.25) is 14.2 Å². The molecule has 0 saturated carbocycles. The first-order valence-corrected chi connectivity index (χ1v) is 9.34. The van der Waals surface area contributed by atoms with Gasteiger partial charge in [0.05, 0.1) is 16.9 Å². The molecule has 3 heterocycles. The van der Waals surface area contributed by atoms with Crippen LogP contribution in [0.3, 0.4) is 0 Å². The van der Waals surface area contributed by atoms with E-state index in [9.17, 15) is 9.59 Å². The number of nitrogens with one attached hydrogen (secondary N) is 1. The molecule has 0 spiro atoms. The molecule has 7 heteroatoms. The molecule has 0 radical (unpaired) electrons. The molecule has 1 amide bonds. The van der Waals surface area contributed by atoms with Crippen molar-refractivity contribution in [2.45, 2.75) is 32.4 Å². The van der Waals surface area contributed by atoms with Crippen LogP contribution in [0.4, 0.5) is 0 Å². The highest BCUT2D eigenvalue weighted by molar-refractivity contribution is 5.97. The molecule has 3 aromatic rings. The minimum absolute atomic E-state index is 0.0295.